The van der Waals surface area contributed by atoms with Gasteiger partial charge in [0.1, 0.15) is 10.0 Å². The second-order valence-corrected chi connectivity index (χ2v) is 9.90. The topological polar surface area (TPSA) is 98.5 Å². The summed E-state index contributed by atoms with van der Waals surface area (Å²) in [6, 6.07) is 3.84. The second kappa shape index (κ2) is 8.35. The molecule has 0 saturated carbocycles. The van der Waals surface area contributed by atoms with E-state index in [-0.39, 0.29) is 21.7 Å². The second-order valence-electron chi connectivity index (χ2n) is 8.38. The minimum Gasteiger partial charge on any atom is -0.465 e. The Morgan fingerprint density at radius 1 is 1.33 bits per heavy atom. The molecule has 0 bridgehead atoms. The molecule has 2 aromatic rings. The average Bonchev–Trinajstić information content (AvgIpc) is 3.03. The third-order valence-corrected chi connectivity index (χ3v) is 7.00. The van der Waals surface area contributed by atoms with E-state index in [9.17, 15) is 19.7 Å². The molecule has 1 unspecified atom stereocenters. The fraction of sp³-hybridized carbons (Fsp3) is 0.429. The summed E-state index contributed by atoms with van der Waals surface area (Å²) in [6.07, 6.45) is 2.52. The van der Waals surface area contributed by atoms with Crippen molar-refractivity contribution >= 4 is 45.5 Å². The highest BCUT2D eigenvalue weighted by atomic mass is 35.5. The lowest BCUT2D eigenvalue weighted by molar-refractivity contribution is -0.384. The van der Waals surface area contributed by atoms with Crippen LogP contribution in [0.4, 0.5) is 10.7 Å². The number of halogens is 1. The van der Waals surface area contributed by atoms with Crippen LogP contribution in [0.5, 0.6) is 0 Å². The van der Waals surface area contributed by atoms with Crippen LogP contribution in [0.1, 0.15) is 58.3 Å². The zero-order valence-corrected chi connectivity index (χ0v) is 18.8. The van der Waals surface area contributed by atoms with Gasteiger partial charge in [-0.3, -0.25) is 14.9 Å². The van der Waals surface area contributed by atoms with Crippen molar-refractivity contribution in [2.24, 2.45) is 11.3 Å². The number of hydrogen-bond acceptors (Lipinski definition) is 6. The first kappa shape index (κ1) is 22.2. The van der Waals surface area contributed by atoms with Crippen molar-refractivity contribution in [1.82, 2.24) is 0 Å². The molecule has 1 atom stereocenters. The van der Waals surface area contributed by atoms with Crippen LogP contribution < -0.4 is 5.32 Å². The molecule has 1 N–H and O–H groups in total. The standard InChI is InChI=1S/C21H23ClN2O5S/c1-21(2,3)12-6-7-13-16(10-12)30-19(17(13)20(26)29-4)23-18(25)11-5-8-14(22)15(9-11)24(27)28/h5,8-9,12H,6-7,10H2,1-4H3,(H,23,25). The van der Waals surface area contributed by atoms with Gasteiger partial charge in [-0.25, -0.2) is 4.79 Å². The van der Waals surface area contributed by atoms with Gasteiger partial charge >= 0.3 is 5.97 Å². The van der Waals surface area contributed by atoms with Gasteiger partial charge in [0.05, 0.1) is 17.6 Å². The van der Waals surface area contributed by atoms with Crippen LogP contribution in [0.25, 0.3) is 0 Å². The van der Waals surface area contributed by atoms with Crippen LogP contribution in [0, 0.1) is 21.4 Å². The number of nitro groups is 1. The van der Waals surface area contributed by atoms with Gasteiger partial charge in [0.25, 0.3) is 11.6 Å². The van der Waals surface area contributed by atoms with Crippen LogP contribution >= 0.6 is 22.9 Å². The van der Waals surface area contributed by atoms with Gasteiger partial charge in [0, 0.05) is 16.5 Å². The van der Waals surface area contributed by atoms with Crippen LogP contribution in [0.15, 0.2) is 18.2 Å². The molecule has 1 aliphatic rings. The highest BCUT2D eigenvalue weighted by Crippen LogP contribution is 2.44. The number of esters is 1. The number of amides is 1. The zero-order chi connectivity index (χ0) is 22.2. The predicted molar refractivity (Wildman–Crippen MR) is 117 cm³/mol. The van der Waals surface area contributed by atoms with E-state index in [0.29, 0.717) is 16.5 Å². The maximum atomic E-state index is 12.8. The largest absolute Gasteiger partial charge is 0.465 e. The Bertz CT molecular complexity index is 1030. The number of fused-ring (bicyclic) bond motifs is 1. The van der Waals surface area contributed by atoms with E-state index in [4.69, 9.17) is 16.3 Å². The first-order valence-electron chi connectivity index (χ1n) is 9.51. The van der Waals surface area contributed by atoms with E-state index < -0.39 is 16.8 Å². The van der Waals surface area contributed by atoms with Gasteiger partial charge in [-0.2, -0.15) is 0 Å². The summed E-state index contributed by atoms with van der Waals surface area (Å²) in [4.78, 5) is 36.8. The molecule has 30 heavy (non-hydrogen) atoms. The molecule has 0 radical (unpaired) electrons. The van der Waals surface area contributed by atoms with Crippen LogP contribution in [-0.2, 0) is 17.6 Å². The van der Waals surface area contributed by atoms with Gasteiger partial charge in [0.15, 0.2) is 0 Å². The molecule has 0 saturated heterocycles. The molecule has 1 aromatic heterocycles. The number of carbonyl (C=O) groups is 2. The summed E-state index contributed by atoms with van der Waals surface area (Å²) in [5.74, 6) is -0.582. The number of benzene rings is 1. The van der Waals surface area contributed by atoms with E-state index >= 15 is 0 Å². The van der Waals surface area contributed by atoms with Crippen molar-refractivity contribution in [1.29, 1.82) is 0 Å². The van der Waals surface area contributed by atoms with Crippen molar-refractivity contribution in [3.05, 3.63) is 54.9 Å². The fourth-order valence-corrected chi connectivity index (χ4v) is 5.20. The van der Waals surface area contributed by atoms with Crippen LogP contribution in [0.3, 0.4) is 0 Å². The molecule has 0 aliphatic heterocycles. The minimum atomic E-state index is -0.643. The number of nitrogens with one attached hydrogen (secondary N) is 1. The van der Waals surface area contributed by atoms with Crippen LogP contribution in [-0.4, -0.2) is 23.9 Å². The van der Waals surface area contributed by atoms with E-state index in [1.807, 2.05) is 0 Å². The van der Waals surface area contributed by atoms with Gasteiger partial charge < -0.3 is 10.1 Å². The number of anilines is 1. The fourth-order valence-electron chi connectivity index (χ4n) is 3.70. The van der Waals surface area contributed by atoms with E-state index in [1.54, 1.807) is 0 Å². The van der Waals surface area contributed by atoms with E-state index in [1.165, 1.54) is 30.6 Å². The summed E-state index contributed by atoms with van der Waals surface area (Å²) < 4.78 is 4.96. The van der Waals surface area contributed by atoms with E-state index in [0.717, 1.165) is 35.8 Å². The summed E-state index contributed by atoms with van der Waals surface area (Å²) in [6.45, 7) is 6.61. The summed E-state index contributed by atoms with van der Waals surface area (Å²) in [7, 11) is 1.31. The Morgan fingerprint density at radius 3 is 2.63 bits per heavy atom. The lowest BCUT2D eigenvalue weighted by Gasteiger charge is -2.33. The van der Waals surface area contributed by atoms with Gasteiger partial charge in [-0.05, 0) is 48.3 Å². The molecule has 7 nitrogen and oxygen atoms in total. The monoisotopic (exact) mass is 450 g/mol. The molecule has 9 heteroatoms. The van der Waals surface area contributed by atoms with Crippen molar-refractivity contribution in [2.45, 2.75) is 40.0 Å². The zero-order valence-electron chi connectivity index (χ0n) is 17.2. The van der Waals surface area contributed by atoms with Gasteiger partial charge in [-0.15, -0.1) is 11.3 Å². The Morgan fingerprint density at radius 2 is 2.03 bits per heavy atom. The van der Waals surface area contributed by atoms with Crippen LogP contribution in [0.2, 0.25) is 5.02 Å². The third-order valence-electron chi connectivity index (χ3n) is 5.51. The molecule has 1 heterocycles. The number of hydrogen-bond donors (Lipinski definition) is 1. The molecule has 0 spiro atoms. The lowest BCUT2D eigenvalue weighted by Crippen LogP contribution is -2.26. The Labute approximate surface area is 183 Å². The number of carbonyl (C=O) groups excluding carboxylic acids is 2. The number of nitrogens with zero attached hydrogens (tertiary/aromatic N) is 1. The molecule has 1 aliphatic carbocycles. The Hall–Kier alpha value is -2.45. The van der Waals surface area contributed by atoms with Gasteiger partial charge in [-0.1, -0.05) is 32.4 Å². The number of rotatable bonds is 4. The first-order chi connectivity index (χ1) is 14.0. The van der Waals surface area contributed by atoms with Crippen molar-refractivity contribution in [3.63, 3.8) is 0 Å². The maximum Gasteiger partial charge on any atom is 0.341 e. The SMILES string of the molecule is COC(=O)c1c(NC(=O)c2ccc(Cl)c([N+](=O)[O-])c2)sc2c1CCC(C(C)(C)C)C2. The molecule has 0 fully saturated rings. The summed E-state index contributed by atoms with van der Waals surface area (Å²) in [5, 5.41) is 14.2. The highest BCUT2D eigenvalue weighted by Gasteiger charge is 2.34. The number of ether oxygens (including phenoxy) is 1. The Kier molecular flexibility index (Phi) is 6.19. The summed E-state index contributed by atoms with van der Waals surface area (Å²) >= 11 is 7.20. The number of methoxy groups -OCH3 is 1. The van der Waals surface area contributed by atoms with Crippen molar-refractivity contribution in [2.75, 3.05) is 12.4 Å². The summed E-state index contributed by atoms with van der Waals surface area (Å²) in [5.41, 5.74) is 1.17. The number of thiophene rings is 1. The van der Waals surface area contributed by atoms with E-state index in [2.05, 4.69) is 26.1 Å². The molecular weight excluding hydrogens is 428 g/mol. The molecular formula is C21H23ClN2O5S. The smallest absolute Gasteiger partial charge is 0.341 e. The predicted octanol–water partition coefficient (Wildman–Crippen LogP) is 5.50. The highest BCUT2D eigenvalue weighted by molar-refractivity contribution is 7.17. The molecule has 1 amide bonds. The van der Waals surface area contributed by atoms with Crippen molar-refractivity contribution in [3.8, 4) is 0 Å². The van der Waals surface area contributed by atoms with Gasteiger partial charge in [0.2, 0.25) is 0 Å². The molecule has 160 valence electrons. The third kappa shape index (κ3) is 4.34. The van der Waals surface area contributed by atoms with Crippen molar-refractivity contribution < 1.29 is 19.2 Å². The first-order valence-corrected chi connectivity index (χ1v) is 10.7. The maximum absolute atomic E-state index is 12.8. The number of nitro benzene ring substituents is 1. The quantitative estimate of drug-likeness (QED) is 0.376. The minimum absolute atomic E-state index is 0.0494. The lowest BCUT2D eigenvalue weighted by atomic mass is 9.72. The normalized spacial score (nSPS) is 16.0. The molecule has 1 aromatic carbocycles. The molecule has 3 rings (SSSR count). The Balaban J connectivity index is 1.95. The average molecular weight is 451 g/mol.